The van der Waals surface area contributed by atoms with Crippen molar-refractivity contribution >= 4 is 12.1 Å². The quantitative estimate of drug-likeness (QED) is 0.831. The van der Waals surface area contributed by atoms with Gasteiger partial charge in [0.05, 0.1) is 13.5 Å². The molecule has 0 fully saturated rings. The van der Waals surface area contributed by atoms with E-state index >= 15 is 0 Å². The summed E-state index contributed by atoms with van der Waals surface area (Å²) >= 11 is 0. The first-order chi connectivity index (χ1) is 8.52. The Labute approximate surface area is 105 Å². The van der Waals surface area contributed by atoms with E-state index in [4.69, 9.17) is 14.6 Å². The summed E-state index contributed by atoms with van der Waals surface area (Å²) in [6.45, 7) is 1.90. The fourth-order valence-electron chi connectivity index (χ4n) is 1.27. The predicted molar refractivity (Wildman–Crippen MR) is 64.0 cm³/mol. The molecule has 2 N–H and O–H groups in total. The maximum Gasteiger partial charge on any atom is 0.412 e. The molecule has 0 saturated carbocycles. The second-order valence-electron chi connectivity index (χ2n) is 3.61. The molecule has 0 aliphatic rings. The van der Waals surface area contributed by atoms with E-state index in [1.54, 1.807) is 18.2 Å². The summed E-state index contributed by atoms with van der Waals surface area (Å²) in [4.78, 5) is 21.6. The highest BCUT2D eigenvalue weighted by Gasteiger charge is 2.10. The van der Waals surface area contributed by atoms with Crippen molar-refractivity contribution in [1.82, 2.24) is 5.32 Å². The summed E-state index contributed by atoms with van der Waals surface area (Å²) in [7, 11) is 1.48. The van der Waals surface area contributed by atoms with Gasteiger partial charge in [0.25, 0.3) is 0 Å². The molecule has 0 aromatic heterocycles. The number of benzene rings is 1. The van der Waals surface area contributed by atoms with Crippen LogP contribution in [0.25, 0.3) is 0 Å². The van der Waals surface area contributed by atoms with Crippen LogP contribution in [-0.4, -0.2) is 30.8 Å². The van der Waals surface area contributed by atoms with E-state index < -0.39 is 12.1 Å². The number of carboxylic acids is 1. The number of methoxy groups -OCH3 is 1. The lowest BCUT2D eigenvalue weighted by molar-refractivity contribution is -0.136. The minimum atomic E-state index is -0.983. The molecule has 0 saturated heterocycles. The van der Waals surface area contributed by atoms with Crippen molar-refractivity contribution in [3.8, 4) is 11.5 Å². The number of aliphatic carboxylic acids is 1. The van der Waals surface area contributed by atoms with Crippen LogP contribution in [0.15, 0.2) is 18.2 Å². The van der Waals surface area contributed by atoms with Gasteiger partial charge in [-0.25, -0.2) is 4.79 Å². The lowest BCUT2D eigenvalue weighted by atomic mass is 10.2. The number of amides is 1. The molecule has 0 heterocycles. The van der Waals surface area contributed by atoms with Crippen LogP contribution in [0.4, 0.5) is 4.79 Å². The number of carbonyl (C=O) groups excluding carboxylic acids is 1. The van der Waals surface area contributed by atoms with Gasteiger partial charge >= 0.3 is 12.1 Å². The van der Waals surface area contributed by atoms with Crippen LogP contribution in [0.1, 0.15) is 12.0 Å². The number of aryl methyl sites for hydroxylation is 1. The van der Waals surface area contributed by atoms with Crippen LogP contribution in [0.5, 0.6) is 11.5 Å². The van der Waals surface area contributed by atoms with Crippen molar-refractivity contribution in [3.63, 3.8) is 0 Å². The minimum absolute atomic E-state index is 0.0162. The van der Waals surface area contributed by atoms with E-state index in [9.17, 15) is 9.59 Å². The summed E-state index contributed by atoms with van der Waals surface area (Å²) < 4.78 is 10.1. The van der Waals surface area contributed by atoms with Gasteiger partial charge < -0.3 is 19.9 Å². The molecule has 18 heavy (non-hydrogen) atoms. The molecule has 1 amide bonds. The SMILES string of the molecule is COc1cc(C)ccc1OC(=O)NCCC(=O)O. The van der Waals surface area contributed by atoms with Gasteiger partial charge in [0.15, 0.2) is 11.5 Å². The molecule has 0 spiro atoms. The third-order valence-electron chi connectivity index (χ3n) is 2.13. The van der Waals surface area contributed by atoms with Gasteiger partial charge in [-0.15, -0.1) is 0 Å². The maximum atomic E-state index is 11.4. The van der Waals surface area contributed by atoms with Crippen LogP contribution < -0.4 is 14.8 Å². The van der Waals surface area contributed by atoms with E-state index in [0.717, 1.165) is 5.56 Å². The second-order valence-corrected chi connectivity index (χ2v) is 3.61. The first-order valence-electron chi connectivity index (χ1n) is 5.35. The molecule has 6 heteroatoms. The van der Waals surface area contributed by atoms with Crippen LogP contribution in [-0.2, 0) is 4.79 Å². The smallest absolute Gasteiger partial charge is 0.412 e. The number of ether oxygens (including phenoxy) is 2. The van der Waals surface area contributed by atoms with Gasteiger partial charge in [0.2, 0.25) is 0 Å². The Morgan fingerprint density at radius 2 is 2.06 bits per heavy atom. The molecule has 0 bridgehead atoms. The topological polar surface area (TPSA) is 84.9 Å². The molecule has 6 nitrogen and oxygen atoms in total. The number of carboxylic acid groups (broad SMARTS) is 1. The third kappa shape index (κ3) is 4.32. The van der Waals surface area contributed by atoms with Crippen LogP contribution in [0.2, 0.25) is 0 Å². The highest BCUT2D eigenvalue weighted by molar-refractivity contribution is 5.73. The fourth-order valence-corrected chi connectivity index (χ4v) is 1.27. The van der Waals surface area contributed by atoms with Gasteiger partial charge in [-0.2, -0.15) is 0 Å². The summed E-state index contributed by atoms with van der Waals surface area (Å²) in [5, 5.41) is 10.7. The van der Waals surface area contributed by atoms with Crippen molar-refractivity contribution in [2.75, 3.05) is 13.7 Å². The normalized spacial score (nSPS) is 9.67. The molecule has 0 aliphatic heterocycles. The van der Waals surface area contributed by atoms with Crippen molar-refractivity contribution in [3.05, 3.63) is 23.8 Å². The maximum absolute atomic E-state index is 11.4. The zero-order valence-corrected chi connectivity index (χ0v) is 10.2. The average Bonchev–Trinajstić information content (AvgIpc) is 2.31. The summed E-state index contributed by atoms with van der Waals surface area (Å²) in [6.07, 6.45) is -0.862. The largest absolute Gasteiger partial charge is 0.493 e. The standard InChI is InChI=1S/C12H15NO5/c1-8-3-4-9(10(7-8)17-2)18-12(16)13-6-5-11(14)15/h3-4,7H,5-6H2,1-2H3,(H,13,16)(H,14,15). The van der Waals surface area contributed by atoms with Crippen molar-refractivity contribution < 1.29 is 24.2 Å². The highest BCUT2D eigenvalue weighted by atomic mass is 16.6. The van der Waals surface area contributed by atoms with E-state index in [-0.39, 0.29) is 18.7 Å². The Balaban J connectivity index is 2.56. The highest BCUT2D eigenvalue weighted by Crippen LogP contribution is 2.27. The number of nitrogens with one attached hydrogen (secondary N) is 1. The van der Waals surface area contributed by atoms with Crippen molar-refractivity contribution in [1.29, 1.82) is 0 Å². The summed E-state index contributed by atoms with van der Waals surface area (Å²) in [5.41, 5.74) is 0.977. The molecule has 98 valence electrons. The van der Waals surface area contributed by atoms with Crippen LogP contribution in [0.3, 0.4) is 0 Å². The molecule has 0 atom stereocenters. The molecule has 1 rings (SSSR count). The Bertz CT molecular complexity index is 444. The molecule has 0 radical (unpaired) electrons. The van der Waals surface area contributed by atoms with Gasteiger partial charge in [-0.1, -0.05) is 6.07 Å². The van der Waals surface area contributed by atoms with Gasteiger partial charge in [0, 0.05) is 6.54 Å². The zero-order valence-electron chi connectivity index (χ0n) is 10.2. The van der Waals surface area contributed by atoms with Crippen molar-refractivity contribution in [2.45, 2.75) is 13.3 Å². The lowest BCUT2D eigenvalue weighted by Crippen LogP contribution is -2.29. The Hall–Kier alpha value is -2.24. The number of carbonyl (C=O) groups is 2. The van der Waals surface area contributed by atoms with Crippen LogP contribution >= 0.6 is 0 Å². The Kier molecular flexibility index (Phi) is 4.98. The van der Waals surface area contributed by atoms with Gasteiger partial charge in [-0.3, -0.25) is 4.79 Å². The molecular formula is C12H15NO5. The lowest BCUT2D eigenvalue weighted by Gasteiger charge is -2.10. The van der Waals surface area contributed by atoms with E-state index in [1.165, 1.54) is 7.11 Å². The molecule has 1 aromatic carbocycles. The molecule has 0 aliphatic carbocycles. The minimum Gasteiger partial charge on any atom is -0.493 e. The Morgan fingerprint density at radius 3 is 2.67 bits per heavy atom. The number of hydrogen-bond acceptors (Lipinski definition) is 4. The molecular weight excluding hydrogens is 238 g/mol. The van der Waals surface area contributed by atoms with E-state index in [1.807, 2.05) is 6.92 Å². The summed E-state index contributed by atoms with van der Waals surface area (Å²) in [6, 6.07) is 5.13. The predicted octanol–water partition coefficient (Wildman–Crippen LogP) is 1.57. The first-order valence-corrected chi connectivity index (χ1v) is 5.35. The number of rotatable bonds is 5. The Morgan fingerprint density at radius 1 is 1.33 bits per heavy atom. The first kappa shape index (κ1) is 13.8. The van der Waals surface area contributed by atoms with Crippen LogP contribution in [0, 0.1) is 6.92 Å². The monoisotopic (exact) mass is 253 g/mol. The third-order valence-corrected chi connectivity index (χ3v) is 2.13. The average molecular weight is 253 g/mol. The van der Waals surface area contributed by atoms with Gasteiger partial charge in [0.1, 0.15) is 0 Å². The van der Waals surface area contributed by atoms with Crippen molar-refractivity contribution in [2.24, 2.45) is 0 Å². The summed E-state index contributed by atoms with van der Waals surface area (Å²) in [5.74, 6) is -0.248. The zero-order chi connectivity index (χ0) is 13.5. The molecule has 0 unspecified atom stereocenters. The second kappa shape index (κ2) is 6.48. The molecule has 1 aromatic rings. The van der Waals surface area contributed by atoms with E-state index in [0.29, 0.717) is 5.75 Å². The van der Waals surface area contributed by atoms with Gasteiger partial charge in [-0.05, 0) is 24.6 Å². The fraction of sp³-hybridized carbons (Fsp3) is 0.333. The number of hydrogen-bond donors (Lipinski definition) is 2. The van der Waals surface area contributed by atoms with E-state index in [2.05, 4.69) is 5.32 Å².